The number of hydrogen-bond acceptors (Lipinski definition) is 8. The summed E-state index contributed by atoms with van der Waals surface area (Å²) in [5, 5.41) is 3.93. The topological polar surface area (TPSA) is 91.8 Å². The molecule has 1 saturated heterocycles. The number of alkyl halides is 6. The van der Waals surface area contributed by atoms with Gasteiger partial charge in [0, 0.05) is 37.9 Å². The maximum atomic E-state index is 13.0. The molecule has 1 aliphatic carbocycles. The highest BCUT2D eigenvalue weighted by atomic mass is 32.2. The second-order valence-corrected chi connectivity index (χ2v) is 13.9. The number of anilines is 1. The van der Waals surface area contributed by atoms with Crippen molar-refractivity contribution in [1.82, 2.24) is 14.8 Å². The first-order valence-corrected chi connectivity index (χ1v) is 16.3. The van der Waals surface area contributed by atoms with Gasteiger partial charge in [-0.3, -0.25) is 9.69 Å². The Balaban J connectivity index is 1.01. The van der Waals surface area contributed by atoms with Crippen LogP contribution in [0, 0.1) is 0 Å². The SMILES string of the molecule is O=C(CO[C@H]1CC[C@H](Nc2ccc(S(=O)(=O)C(F)(F)F)cc2)CC1)N1CCN(Cc2nc3cc(C(F)(F)F)ccc3s2)CC1. The fourth-order valence-corrected chi connectivity index (χ4v) is 7.07. The number of sulfone groups is 1. The zero-order valence-corrected chi connectivity index (χ0v) is 25.0. The number of carbonyl (C=O) groups is 1. The summed E-state index contributed by atoms with van der Waals surface area (Å²) in [6.45, 7) is 2.67. The lowest BCUT2D eigenvalue weighted by Crippen LogP contribution is -2.49. The van der Waals surface area contributed by atoms with E-state index < -0.39 is 32.0 Å². The summed E-state index contributed by atoms with van der Waals surface area (Å²) in [5.41, 5.74) is -5.24. The first kappa shape index (κ1) is 32.4. The van der Waals surface area contributed by atoms with E-state index in [1.807, 2.05) is 0 Å². The van der Waals surface area contributed by atoms with Crippen LogP contribution in [-0.2, 0) is 32.1 Å². The number of thiazole rings is 1. The van der Waals surface area contributed by atoms with Crippen LogP contribution in [0.2, 0.25) is 0 Å². The number of amides is 1. The molecule has 1 aromatic heterocycles. The predicted molar refractivity (Wildman–Crippen MR) is 152 cm³/mol. The van der Waals surface area contributed by atoms with E-state index in [1.54, 1.807) is 4.90 Å². The number of aromatic nitrogens is 1. The molecule has 2 aromatic carbocycles. The number of benzene rings is 2. The van der Waals surface area contributed by atoms with Gasteiger partial charge in [0.05, 0.1) is 33.3 Å². The van der Waals surface area contributed by atoms with Crippen LogP contribution in [0.25, 0.3) is 10.2 Å². The number of piperazine rings is 1. The number of hydrogen-bond donors (Lipinski definition) is 1. The van der Waals surface area contributed by atoms with Crippen molar-refractivity contribution in [3.8, 4) is 0 Å². The largest absolute Gasteiger partial charge is 0.501 e. The molecule has 44 heavy (non-hydrogen) atoms. The molecule has 240 valence electrons. The Morgan fingerprint density at radius 2 is 1.61 bits per heavy atom. The molecule has 2 heterocycles. The Morgan fingerprint density at radius 3 is 2.23 bits per heavy atom. The Morgan fingerprint density at radius 1 is 0.955 bits per heavy atom. The maximum absolute atomic E-state index is 13.0. The minimum absolute atomic E-state index is 0.0332. The van der Waals surface area contributed by atoms with Gasteiger partial charge >= 0.3 is 11.7 Å². The van der Waals surface area contributed by atoms with Crippen LogP contribution in [0.1, 0.15) is 36.3 Å². The van der Waals surface area contributed by atoms with Gasteiger partial charge in [-0.05, 0) is 68.1 Å². The van der Waals surface area contributed by atoms with Crippen molar-refractivity contribution in [1.29, 1.82) is 0 Å². The zero-order chi connectivity index (χ0) is 31.7. The number of rotatable bonds is 8. The fraction of sp³-hybridized carbons (Fsp3) is 0.500. The fourth-order valence-electron chi connectivity index (χ4n) is 5.32. The Hall–Kier alpha value is -2.95. The monoisotopic (exact) mass is 664 g/mol. The lowest BCUT2D eigenvalue weighted by atomic mass is 9.93. The van der Waals surface area contributed by atoms with Gasteiger partial charge < -0.3 is 15.0 Å². The van der Waals surface area contributed by atoms with Crippen molar-refractivity contribution in [3.63, 3.8) is 0 Å². The van der Waals surface area contributed by atoms with Gasteiger partial charge in [0.2, 0.25) is 5.91 Å². The average Bonchev–Trinajstić information content (AvgIpc) is 3.38. The number of ether oxygens (including phenoxy) is 1. The van der Waals surface area contributed by atoms with E-state index in [9.17, 15) is 39.6 Å². The summed E-state index contributed by atoms with van der Waals surface area (Å²) in [5.74, 6) is -0.113. The smallest absolute Gasteiger partial charge is 0.382 e. The van der Waals surface area contributed by atoms with Crippen LogP contribution in [0.4, 0.5) is 32.0 Å². The normalized spacial score (nSPS) is 20.6. The number of nitrogens with one attached hydrogen (secondary N) is 1. The molecule has 1 amide bonds. The summed E-state index contributed by atoms with van der Waals surface area (Å²) in [6.07, 6.45) is -1.72. The number of fused-ring (bicyclic) bond motifs is 1. The molecule has 5 rings (SSSR count). The zero-order valence-electron chi connectivity index (χ0n) is 23.3. The Bertz CT molecular complexity index is 1560. The van der Waals surface area contributed by atoms with Crippen molar-refractivity contribution < 1.29 is 44.3 Å². The Labute approximate surface area is 253 Å². The molecule has 1 N–H and O–H groups in total. The Kier molecular flexibility index (Phi) is 9.44. The van der Waals surface area contributed by atoms with Crippen LogP contribution in [0.15, 0.2) is 47.4 Å². The summed E-state index contributed by atoms with van der Waals surface area (Å²) in [4.78, 5) is 20.2. The molecule has 8 nitrogen and oxygen atoms in total. The molecule has 1 saturated carbocycles. The van der Waals surface area contributed by atoms with Gasteiger partial charge in [0.15, 0.2) is 0 Å². The summed E-state index contributed by atoms with van der Waals surface area (Å²) in [6, 6.07) is 8.09. The van der Waals surface area contributed by atoms with Crippen LogP contribution in [0.3, 0.4) is 0 Å². The lowest BCUT2D eigenvalue weighted by molar-refractivity contribution is -0.140. The number of nitrogens with zero attached hydrogens (tertiary/aromatic N) is 3. The molecule has 2 aliphatic rings. The third-order valence-electron chi connectivity index (χ3n) is 7.80. The molecule has 0 atom stereocenters. The second kappa shape index (κ2) is 12.8. The quantitative estimate of drug-likeness (QED) is 0.310. The first-order valence-electron chi connectivity index (χ1n) is 14.0. The van der Waals surface area contributed by atoms with Crippen molar-refractivity contribution in [2.24, 2.45) is 0 Å². The van der Waals surface area contributed by atoms with Gasteiger partial charge in [0.1, 0.15) is 11.6 Å². The molecule has 0 spiro atoms. The molecule has 1 aliphatic heterocycles. The highest BCUT2D eigenvalue weighted by Gasteiger charge is 2.46. The van der Waals surface area contributed by atoms with E-state index in [0.717, 1.165) is 29.3 Å². The number of halogens is 6. The van der Waals surface area contributed by atoms with Gasteiger partial charge in [-0.2, -0.15) is 26.3 Å². The van der Waals surface area contributed by atoms with E-state index in [4.69, 9.17) is 4.74 Å². The van der Waals surface area contributed by atoms with Crippen molar-refractivity contribution >= 4 is 43.0 Å². The van der Waals surface area contributed by atoms with Crippen LogP contribution >= 0.6 is 11.3 Å². The first-order chi connectivity index (χ1) is 20.7. The van der Waals surface area contributed by atoms with E-state index in [-0.39, 0.29) is 24.7 Å². The average molecular weight is 665 g/mol. The molecule has 2 fully saturated rings. The van der Waals surface area contributed by atoms with Gasteiger partial charge in [0.25, 0.3) is 9.84 Å². The standard InChI is InChI=1S/C28H30F6N4O4S2/c29-27(30,31)18-1-10-24-23(15-18)36-25(43-24)16-37-11-13-38(14-12-37)26(39)17-42-21-6-2-19(3-7-21)35-20-4-8-22(9-5-20)44(40,41)28(32,33)34/h1,4-5,8-10,15,19,21,35H,2-3,6-7,11-14,16-17H2/t19-,21-. The minimum atomic E-state index is -5.39. The third-order valence-corrected chi connectivity index (χ3v) is 10.3. The molecular formula is C28H30F6N4O4S2. The summed E-state index contributed by atoms with van der Waals surface area (Å²) in [7, 11) is -5.39. The van der Waals surface area contributed by atoms with Crippen molar-refractivity contribution in [2.75, 3.05) is 38.1 Å². The summed E-state index contributed by atoms with van der Waals surface area (Å²) < 4.78 is 107. The van der Waals surface area contributed by atoms with Gasteiger partial charge in [-0.15, -0.1) is 11.3 Å². The third kappa shape index (κ3) is 7.64. The van der Waals surface area contributed by atoms with Gasteiger partial charge in [-0.25, -0.2) is 13.4 Å². The molecular weight excluding hydrogens is 634 g/mol. The van der Waals surface area contributed by atoms with E-state index >= 15 is 0 Å². The maximum Gasteiger partial charge on any atom is 0.501 e. The summed E-state index contributed by atoms with van der Waals surface area (Å²) >= 11 is 1.36. The van der Waals surface area contributed by atoms with Crippen LogP contribution < -0.4 is 5.32 Å². The molecule has 16 heteroatoms. The van der Waals surface area contributed by atoms with Crippen molar-refractivity contribution in [2.45, 2.75) is 61.0 Å². The van der Waals surface area contributed by atoms with E-state index in [0.29, 0.717) is 74.3 Å². The molecule has 0 radical (unpaired) electrons. The second-order valence-electron chi connectivity index (χ2n) is 10.8. The highest BCUT2D eigenvalue weighted by molar-refractivity contribution is 7.92. The van der Waals surface area contributed by atoms with E-state index in [2.05, 4.69) is 15.2 Å². The van der Waals surface area contributed by atoms with Crippen molar-refractivity contribution in [3.05, 3.63) is 53.0 Å². The molecule has 0 unspecified atom stereocenters. The highest BCUT2D eigenvalue weighted by Crippen LogP contribution is 2.34. The van der Waals surface area contributed by atoms with Crippen LogP contribution in [-0.4, -0.2) is 79.5 Å². The van der Waals surface area contributed by atoms with E-state index in [1.165, 1.54) is 29.5 Å². The molecule has 3 aromatic rings. The van der Waals surface area contributed by atoms with Crippen LogP contribution in [0.5, 0.6) is 0 Å². The lowest BCUT2D eigenvalue weighted by Gasteiger charge is -2.35. The predicted octanol–water partition coefficient (Wildman–Crippen LogP) is 5.69. The number of carbonyl (C=O) groups excluding carboxylic acids is 1. The minimum Gasteiger partial charge on any atom is -0.382 e. The van der Waals surface area contributed by atoms with Gasteiger partial charge in [-0.1, -0.05) is 0 Å². The molecule has 0 bridgehead atoms.